The summed E-state index contributed by atoms with van der Waals surface area (Å²) in [6.45, 7) is 0. The van der Waals surface area contributed by atoms with Crippen LogP contribution in [0.4, 0.5) is 0 Å². The van der Waals surface area contributed by atoms with Crippen molar-refractivity contribution >= 4 is 9.84 Å². The highest BCUT2D eigenvalue weighted by atomic mass is 32.2. The number of aromatic nitrogens is 2. The van der Waals surface area contributed by atoms with Gasteiger partial charge >= 0.3 is 0 Å². The zero-order valence-corrected chi connectivity index (χ0v) is 9.70. The monoisotopic (exact) mass is 228 g/mol. The van der Waals surface area contributed by atoms with Gasteiger partial charge in [-0.2, -0.15) is 0 Å². The number of nitrogens with zero attached hydrogens (tertiary/aromatic N) is 2. The molecule has 0 radical (unpaired) electrons. The molecule has 4 nitrogen and oxygen atoms in total. The highest BCUT2D eigenvalue weighted by Crippen LogP contribution is 2.26. The lowest BCUT2D eigenvalue weighted by Crippen LogP contribution is -2.20. The van der Waals surface area contributed by atoms with Gasteiger partial charge in [0.15, 0.2) is 9.84 Å². The summed E-state index contributed by atoms with van der Waals surface area (Å²) in [5.41, 5.74) is 0.780. The first kappa shape index (κ1) is 10.7. The summed E-state index contributed by atoms with van der Waals surface area (Å²) in [6, 6.07) is 0. The van der Waals surface area contributed by atoms with Gasteiger partial charge in [-0.05, 0) is 12.8 Å². The third kappa shape index (κ3) is 2.22. The minimum Gasteiger partial charge on any atom is -0.337 e. The second-order valence-electron chi connectivity index (χ2n) is 4.21. The maximum Gasteiger partial charge on any atom is 0.158 e. The van der Waals surface area contributed by atoms with Gasteiger partial charge in [0.1, 0.15) is 0 Å². The smallest absolute Gasteiger partial charge is 0.158 e. The number of sulfone groups is 1. The molecule has 1 heterocycles. The lowest BCUT2D eigenvalue weighted by molar-refractivity contribution is 0.577. The van der Waals surface area contributed by atoms with E-state index in [1.807, 2.05) is 7.05 Å². The van der Waals surface area contributed by atoms with E-state index in [4.69, 9.17) is 0 Å². The fourth-order valence-electron chi connectivity index (χ4n) is 2.10. The van der Waals surface area contributed by atoms with Crippen molar-refractivity contribution in [1.82, 2.24) is 9.55 Å². The zero-order chi connectivity index (χ0) is 10.9. The van der Waals surface area contributed by atoms with Crippen molar-refractivity contribution in [3.8, 4) is 0 Å². The van der Waals surface area contributed by atoms with Gasteiger partial charge in [-0.3, -0.25) is 0 Å². The standard InChI is InChI=1S/C10H16N2O2S/c1-12-8-11-6-9(12)7-15(13,14)10-4-2-3-5-10/h6,8,10H,2-5,7H2,1H3. The van der Waals surface area contributed by atoms with Gasteiger partial charge in [0.05, 0.1) is 23.0 Å². The Morgan fingerprint density at radius 1 is 1.47 bits per heavy atom. The van der Waals surface area contributed by atoms with Crippen molar-refractivity contribution < 1.29 is 8.42 Å². The number of aryl methyl sites for hydroxylation is 1. The lowest BCUT2D eigenvalue weighted by atomic mass is 10.4. The Morgan fingerprint density at radius 2 is 2.13 bits per heavy atom. The Morgan fingerprint density at radius 3 is 2.67 bits per heavy atom. The summed E-state index contributed by atoms with van der Waals surface area (Å²) in [4.78, 5) is 3.93. The molecule has 84 valence electrons. The van der Waals surface area contributed by atoms with Gasteiger partial charge in [0, 0.05) is 13.2 Å². The van der Waals surface area contributed by atoms with E-state index in [2.05, 4.69) is 4.98 Å². The van der Waals surface area contributed by atoms with E-state index in [1.54, 1.807) is 17.1 Å². The van der Waals surface area contributed by atoms with Gasteiger partial charge in [-0.25, -0.2) is 13.4 Å². The first-order valence-electron chi connectivity index (χ1n) is 5.26. The molecule has 0 aromatic carbocycles. The molecule has 1 fully saturated rings. The van der Waals surface area contributed by atoms with Crippen molar-refractivity contribution in [3.63, 3.8) is 0 Å². The lowest BCUT2D eigenvalue weighted by Gasteiger charge is -2.10. The molecule has 1 aromatic heterocycles. The van der Waals surface area contributed by atoms with E-state index in [0.29, 0.717) is 0 Å². The van der Waals surface area contributed by atoms with Gasteiger partial charge in [0.25, 0.3) is 0 Å². The topological polar surface area (TPSA) is 52.0 Å². The summed E-state index contributed by atoms with van der Waals surface area (Å²) in [6.07, 6.45) is 7.04. The predicted octanol–water partition coefficient (Wildman–Crippen LogP) is 1.28. The van der Waals surface area contributed by atoms with Gasteiger partial charge in [-0.15, -0.1) is 0 Å². The molecular weight excluding hydrogens is 212 g/mol. The summed E-state index contributed by atoms with van der Waals surface area (Å²) >= 11 is 0. The number of rotatable bonds is 3. The van der Waals surface area contributed by atoms with Gasteiger partial charge in [-0.1, -0.05) is 12.8 Å². The van der Waals surface area contributed by atoms with Crippen LogP contribution in [0.1, 0.15) is 31.4 Å². The Kier molecular flexibility index (Phi) is 2.82. The minimum absolute atomic E-state index is 0.118. The molecule has 0 amide bonds. The highest BCUT2D eigenvalue weighted by Gasteiger charge is 2.29. The quantitative estimate of drug-likeness (QED) is 0.783. The molecule has 0 N–H and O–H groups in total. The van der Waals surface area contributed by atoms with Crippen LogP contribution in [-0.2, 0) is 22.6 Å². The molecule has 0 bridgehead atoms. The van der Waals surface area contributed by atoms with Gasteiger partial charge < -0.3 is 4.57 Å². The van der Waals surface area contributed by atoms with E-state index < -0.39 is 9.84 Å². The predicted molar refractivity (Wildman–Crippen MR) is 58.1 cm³/mol. The molecule has 15 heavy (non-hydrogen) atoms. The van der Waals surface area contributed by atoms with Gasteiger partial charge in [0.2, 0.25) is 0 Å². The molecule has 0 saturated heterocycles. The van der Waals surface area contributed by atoms with Crippen LogP contribution < -0.4 is 0 Å². The molecular formula is C10H16N2O2S. The van der Waals surface area contributed by atoms with Crippen molar-refractivity contribution in [1.29, 1.82) is 0 Å². The van der Waals surface area contributed by atoms with Crippen LogP contribution in [0.2, 0.25) is 0 Å². The van der Waals surface area contributed by atoms with E-state index >= 15 is 0 Å². The maximum atomic E-state index is 12.0. The maximum absolute atomic E-state index is 12.0. The van der Waals surface area contributed by atoms with E-state index in [9.17, 15) is 8.42 Å². The average Bonchev–Trinajstić information content (AvgIpc) is 2.77. The summed E-state index contributed by atoms with van der Waals surface area (Å²) in [7, 11) is -1.14. The Balaban J connectivity index is 2.14. The highest BCUT2D eigenvalue weighted by molar-refractivity contribution is 7.91. The fraction of sp³-hybridized carbons (Fsp3) is 0.700. The first-order valence-corrected chi connectivity index (χ1v) is 6.98. The van der Waals surface area contributed by atoms with E-state index in [-0.39, 0.29) is 11.0 Å². The largest absolute Gasteiger partial charge is 0.337 e. The van der Waals surface area contributed by atoms with Crippen LogP contribution in [0.15, 0.2) is 12.5 Å². The van der Waals surface area contributed by atoms with Crippen LogP contribution >= 0.6 is 0 Å². The molecule has 2 rings (SSSR count). The molecule has 0 spiro atoms. The van der Waals surface area contributed by atoms with Crippen LogP contribution in [0.5, 0.6) is 0 Å². The van der Waals surface area contributed by atoms with Crippen LogP contribution in [0.25, 0.3) is 0 Å². The van der Waals surface area contributed by atoms with Crippen molar-refractivity contribution in [2.45, 2.75) is 36.7 Å². The third-order valence-corrected chi connectivity index (χ3v) is 5.26. The summed E-state index contributed by atoms with van der Waals surface area (Å²) in [5.74, 6) is 0.133. The molecule has 0 atom stereocenters. The molecule has 1 aliphatic carbocycles. The summed E-state index contributed by atoms with van der Waals surface area (Å²) < 4.78 is 25.8. The van der Waals surface area contributed by atoms with Crippen LogP contribution in [-0.4, -0.2) is 23.2 Å². The number of hydrogen-bond acceptors (Lipinski definition) is 3. The number of imidazole rings is 1. The zero-order valence-electron chi connectivity index (χ0n) is 8.89. The molecule has 1 aliphatic rings. The SMILES string of the molecule is Cn1cncc1CS(=O)(=O)C1CCCC1. The minimum atomic E-state index is -2.97. The Hall–Kier alpha value is -0.840. The van der Waals surface area contributed by atoms with Crippen molar-refractivity contribution in [3.05, 3.63) is 18.2 Å². The molecule has 5 heteroatoms. The number of hydrogen-bond donors (Lipinski definition) is 0. The molecule has 0 aliphatic heterocycles. The van der Waals surface area contributed by atoms with Crippen LogP contribution in [0.3, 0.4) is 0 Å². The fourth-order valence-corrected chi connectivity index (χ4v) is 4.07. The Bertz CT molecular complexity index is 430. The molecule has 1 aromatic rings. The third-order valence-electron chi connectivity index (χ3n) is 3.08. The summed E-state index contributed by atoms with van der Waals surface area (Å²) in [5, 5.41) is -0.118. The normalized spacial score (nSPS) is 18.5. The average molecular weight is 228 g/mol. The first-order chi connectivity index (χ1) is 7.09. The Labute approximate surface area is 90.2 Å². The van der Waals surface area contributed by atoms with Crippen LogP contribution in [0, 0.1) is 0 Å². The van der Waals surface area contributed by atoms with E-state index in [1.165, 1.54) is 0 Å². The van der Waals surface area contributed by atoms with Crippen molar-refractivity contribution in [2.75, 3.05) is 0 Å². The second-order valence-corrected chi connectivity index (χ2v) is 6.49. The second kappa shape index (κ2) is 3.96. The molecule has 0 unspecified atom stereocenters. The van der Waals surface area contributed by atoms with Crippen molar-refractivity contribution in [2.24, 2.45) is 7.05 Å². The van der Waals surface area contributed by atoms with E-state index in [0.717, 1.165) is 31.4 Å². The molecule has 1 saturated carbocycles.